The molecule has 0 saturated carbocycles. The summed E-state index contributed by atoms with van der Waals surface area (Å²) >= 11 is 0. The molecule has 4 nitrogen and oxygen atoms in total. The van der Waals surface area contributed by atoms with Gasteiger partial charge < -0.3 is 5.32 Å². The second kappa shape index (κ2) is 5.30. The van der Waals surface area contributed by atoms with Crippen molar-refractivity contribution in [2.75, 3.05) is 5.32 Å². The first-order valence-corrected chi connectivity index (χ1v) is 4.63. The number of halogens is 3. The number of carbonyl (C=O) groups excluding carboxylic acids is 1. The zero-order chi connectivity index (χ0) is 12.9. The third-order valence-corrected chi connectivity index (χ3v) is 1.57. The maximum Gasteiger partial charge on any atom is 0.471 e. The van der Waals surface area contributed by atoms with Crippen LogP contribution in [0.25, 0.3) is 0 Å². The van der Waals surface area contributed by atoms with Gasteiger partial charge in [-0.25, -0.2) is 9.97 Å². The van der Waals surface area contributed by atoms with Gasteiger partial charge in [0.2, 0.25) is 0 Å². The Kier molecular flexibility index (Phi) is 4.04. The predicted octanol–water partition coefficient (Wildman–Crippen LogP) is 1.74. The second-order valence-corrected chi connectivity index (χ2v) is 2.86. The molecule has 1 aromatic rings. The molecule has 0 fully saturated rings. The van der Waals surface area contributed by atoms with E-state index in [1.165, 1.54) is 12.4 Å². The Morgan fingerprint density at radius 2 is 2.06 bits per heavy atom. The van der Waals surface area contributed by atoms with Crippen LogP contribution >= 0.6 is 0 Å². The number of rotatable bonds is 1. The van der Waals surface area contributed by atoms with E-state index in [4.69, 9.17) is 0 Å². The molecule has 17 heavy (non-hydrogen) atoms. The van der Waals surface area contributed by atoms with Gasteiger partial charge in [0, 0.05) is 18.8 Å². The van der Waals surface area contributed by atoms with Gasteiger partial charge in [-0.1, -0.05) is 12.8 Å². The van der Waals surface area contributed by atoms with Crippen LogP contribution < -0.4 is 5.32 Å². The number of aromatic nitrogens is 2. The fourth-order valence-corrected chi connectivity index (χ4v) is 0.871. The normalized spacial score (nSPS) is 10.4. The van der Waals surface area contributed by atoms with Crippen LogP contribution in [0.4, 0.5) is 19.0 Å². The molecule has 0 unspecified atom stereocenters. The third-order valence-electron chi connectivity index (χ3n) is 1.57. The molecule has 90 valence electrons. The summed E-state index contributed by atoms with van der Waals surface area (Å²) in [7, 11) is 0. The average Bonchev–Trinajstić information content (AvgIpc) is 2.26. The van der Waals surface area contributed by atoms with Crippen LogP contribution in [-0.4, -0.2) is 22.1 Å². The van der Waals surface area contributed by atoms with E-state index in [1.54, 1.807) is 12.2 Å². The van der Waals surface area contributed by atoms with Crippen molar-refractivity contribution in [2.24, 2.45) is 0 Å². The van der Waals surface area contributed by atoms with Gasteiger partial charge in [-0.3, -0.25) is 4.79 Å². The number of carbonyl (C=O) groups is 1. The quantitative estimate of drug-likeness (QED) is 0.764. The van der Waals surface area contributed by atoms with Crippen molar-refractivity contribution < 1.29 is 18.0 Å². The van der Waals surface area contributed by atoms with Crippen molar-refractivity contribution in [1.29, 1.82) is 0 Å². The van der Waals surface area contributed by atoms with Gasteiger partial charge in [-0.15, -0.1) is 0 Å². The molecule has 1 rings (SSSR count). The molecule has 0 spiro atoms. The summed E-state index contributed by atoms with van der Waals surface area (Å²) in [5.41, 5.74) is 0.00644. The first-order chi connectivity index (χ1) is 7.95. The van der Waals surface area contributed by atoms with Gasteiger partial charge in [-0.2, -0.15) is 13.2 Å². The first-order valence-electron chi connectivity index (χ1n) is 4.63. The number of nitrogens with zero attached hydrogens (tertiary/aromatic N) is 2. The SMILES string of the molecule is CCC#Cc1nccnc1NC(=O)C(F)(F)F. The molecule has 0 aliphatic rings. The molecular formula is C10H8F3N3O. The predicted molar refractivity (Wildman–Crippen MR) is 53.9 cm³/mol. The highest BCUT2D eigenvalue weighted by atomic mass is 19.4. The second-order valence-electron chi connectivity index (χ2n) is 2.86. The number of hydrogen-bond acceptors (Lipinski definition) is 3. The van der Waals surface area contributed by atoms with Crippen molar-refractivity contribution >= 4 is 11.7 Å². The van der Waals surface area contributed by atoms with Gasteiger partial charge in [0.05, 0.1) is 0 Å². The van der Waals surface area contributed by atoms with Crippen LogP contribution in [0.2, 0.25) is 0 Å². The fourth-order valence-electron chi connectivity index (χ4n) is 0.871. The highest BCUT2D eigenvalue weighted by molar-refractivity contribution is 5.94. The maximum atomic E-state index is 12.0. The van der Waals surface area contributed by atoms with Crippen molar-refractivity contribution in [1.82, 2.24) is 9.97 Å². The van der Waals surface area contributed by atoms with Gasteiger partial charge in [0.15, 0.2) is 11.5 Å². The summed E-state index contributed by atoms with van der Waals surface area (Å²) < 4.78 is 36.1. The molecular weight excluding hydrogens is 235 g/mol. The highest BCUT2D eigenvalue weighted by Gasteiger charge is 2.39. The first kappa shape index (κ1) is 13.0. The Hall–Kier alpha value is -2.10. The average molecular weight is 243 g/mol. The summed E-state index contributed by atoms with van der Waals surface area (Å²) in [5, 5.41) is 1.62. The number of amides is 1. The van der Waals surface area contributed by atoms with E-state index in [1.807, 2.05) is 0 Å². The van der Waals surface area contributed by atoms with Gasteiger partial charge in [-0.05, 0) is 5.92 Å². The lowest BCUT2D eigenvalue weighted by Gasteiger charge is -2.07. The molecule has 1 heterocycles. The van der Waals surface area contributed by atoms with Crippen LogP contribution in [0, 0.1) is 11.8 Å². The molecule has 0 radical (unpaired) electrons. The molecule has 0 bridgehead atoms. The number of hydrogen-bond donors (Lipinski definition) is 1. The minimum atomic E-state index is -4.97. The lowest BCUT2D eigenvalue weighted by molar-refractivity contribution is -0.167. The van der Waals surface area contributed by atoms with Gasteiger partial charge in [0.25, 0.3) is 0 Å². The van der Waals surface area contributed by atoms with E-state index in [2.05, 4.69) is 21.8 Å². The lowest BCUT2D eigenvalue weighted by atomic mass is 10.3. The summed E-state index contributed by atoms with van der Waals surface area (Å²) in [6, 6.07) is 0. The number of nitrogens with one attached hydrogen (secondary N) is 1. The smallest absolute Gasteiger partial charge is 0.300 e. The summed E-state index contributed by atoms with van der Waals surface area (Å²) in [5.74, 6) is 2.75. The molecule has 0 atom stereocenters. The Balaban J connectivity index is 2.95. The summed E-state index contributed by atoms with van der Waals surface area (Å²) in [6.07, 6.45) is -2.00. The molecule has 0 aliphatic heterocycles. The highest BCUT2D eigenvalue weighted by Crippen LogP contribution is 2.17. The lowest BCUT2D eigenvalue weighted by Crippen LogP contribution is -2.30. The molecule has 1 amide bonds. The largest absolute Gasteiger partial charge is 0.471 e. The third kappa shape index (κ3) is 3.75. The Morgan fingerprint density at radius 1 is 1.41 bits per heavy atom. The zero-order valence-electron chi connectivity index (χ0n) is 8.80. The van der Waals surface area contributed by atoms with Gasteiger partial charge in [0.1, 0.15) is 0 Å². The molecule has 0 saturated heterocycles. The fraction of sp³-hybridized carbons (Fsp3) is 0.300. The summed E-state index contributed by atoms with van der Waals surface area (Å²) in [4.78, 5) is 18.0. The van der Waals surface area contributed by atoms with Gasteiger partial charge >= 0.3 is 12.1 Å². The molecule has 1 aromatic heterocycles. The van der Waals surface area contributed by atoms with Crippen molar-refractivity contribution in [2.45, 2.75) is 19.5 Å². The van der Waals surface area contributed by atoms with E-state index >= 15 is 0 Å². The van der Waals surface area contributed by atoms with Crippen molar-refractivity contribution in [3.63, 3.8) is 0 Å². The van der Waals surface area contributed by atoms with Crippen LogP contribution in [0.5, 0.6) is 0 Å². The maximum absolute atomic E-state index is 12.0. The van der Waals surface area contributed by atoms with Crippen LogP contribution in [0.15, 0.2) is 12.4 Å². The van der Waals surface area contributed by atoms with E-state index in [-0.39, 0.29) is 11.5 Å². The van der Waals surface area contributed by atoms with Crippen molar-refractivity contribution in [3.8, 4) is 11.8 Å². The van der Waals surface area contributed by atoms with E-state index in [0.717, 1.165) is 0 Å². The number of alkyl halides is 3. The Morgan fingerprint density at radius 3 is 2.65 bits per heavy atom. The Labute approximate surface area is 95.3 Å². The van der Waals surface area contributed by atoms with Crippen molar-refractivity contribution in [3.05, 3.63) is 18.1 Å². The monoisotopic (exact) mass is 243 g/mol. The topological polar surface area (TPSA) is 54.9 Å². The van der Waals surface area contributed by atoms with Crippen LogP contribution in [-0.2, 0) is 4.79 Å². The van der Waals surface area contributed by atoms with Crippen LogP contribution in [0.3, 0.4) is 0 Å². The van der Waals surface area contributed by atoms with Crippen LogP contribution in [0.1, 0.15) is 19.0 Å². The molecule has 7 heteroatoms. The van der Waals surface area contributed by atoms with E-state index in [9.17, 15) is 18.0 Å². The summed E-state index contributed by atoms with van der Waals surface area (Å²) in [6.45, 7) is 1.78. The molecule has 1 N–H and O–H groups in total. The minimum absolute atomic E-state index is 0.00644. The number of anilines is 1. The van der Waals surface area contributed by atoms with E-state index < -0.39 is 12.1 Å². The zero-order valence-corrected chi connectivity index (χ0v) is 8.80. The van der Waals surface area contributed by atoms with E-state index in [0.29, 0.717) is 6.42 Å². The minimum Gasteiger partial charge on any atom is -0.300 e. The Bertz CT molecular complexity index is 474. The molecule has 0 aliphatic carbocycles. The standard InChI is InChI=1S/C10H8F3N3O/c1-2-3-4-7-8(15-6-5-14-7)16-9(17)10(11,12)13/h5-6H,2H2,1H3,(H,15,16,17). The molecule has 0 aromatic carbocycles.